The normalized spacial score (nSPS) is 10.4. The Balaban J connectivity index is 2.68. The third-order valence-corrected chi connectivity index (χ3v) is 2.97. The molecule has 0 bridgehead atoms. The maximum atomic E-state index is 5.71. The van der Waals surface area contributed by atoms with Gasteiger partial charge in [0.1, 0.15) is 0 Å². The molecule has 0 saturated carbocycles. The molecular weight excluding hydrogens is 198 g/mol. The molecule has 0 unspecified atom stereocenters. The number of ether oxygens (including phenoxy) is 2. The Morgan fingerprint density at radius 1 is 1.07 bits per heavy atom. The van der Waals surface area contributed by atoms with Gasteiger partial charge in [0.25, 0.3) is 0 Å². The molecule has 0 spiro atoms. The molecule has 0 amide bonds. The standard InChI is InChI=1S/C10H11NO2S/c1-12-7-3-6-4-10(11)14-9(6)5-8(7)13-2/h3-5H,11H2,1-2H3. The Bertz CT molecular complexity index is 423. The van der Waals surface area contributed by atoms with Gasteiger partial charge in [-0.15, -0.1) is 11.3 Å². The van der Waals surface area contributed by atoms with E-state index in [1.165, 1.54) is 0 Å². The first-order valence-electron chi connectivity index (χ1n) is 4.15. The molecule has 1 heterocycles. The lowest BCUT2D eigenvalue weighted by atomic mass is 10.2. The van der Waals surface area contributed by atoms with Crippen molar-refractivity contribution < 1.29 is 9.47 Å². The van der Waals surface area contributed by atoms with Crippen LogP contribution in [0.3, 0.4) is 0 Å². The fourth-order valence-electron chi connectivity index (χ4n) is 1.39. The second-order valence-corrected chi connectivity index (χ2v) is 4.01. The van der Waals surface area contributed by atoms with Crippen molar-refractivity contribution in [3.05, 3.63) is 18.2 Å². The molecule has 1 aromatic carbocycles. The smallest absolute Gasteiger partial charge is 0.162 e. The van der Waals surface area contributed by atoms with Crippen LogP contribution in [-0.4, -0.2) is 14.2 Å². The lowest BCUT2D eigenvalue weighted by molar-refractivity contribution is 0.356. The minimum Gasteiger partial charge on any atom is -0.493 e. The SMILES string of the molecule is COc1cc2cc(N)sc2cc1OC. The van der Waals surface area contributed by atoms with E-state index in [1.54, 1.807) is 25.6 Å². The highest BCUT2D eigenvalue weighted by atomic mass is 32.1. The highest BCUT2D eigenvalue weighted by Crippen LogP contribution is 2.36. The Kier molecular flexibility index (Phi) is 2.21. The van der Waals surface area contributed by atoms with Gasteiger partial charge in [-0.2, -0.15) is 0 Å². The molecule has 14 heavy (non-hydrogen) atoms. The number of anilines is 1. The van der Waals surface area contributed by atoms with E-state index >= 15 is 0 Å². The summed E-state index contributed by atoms with van der Waals surface area (Å²) in [5, 5.41) is 1.89. The number of benzene rings is 1. The predicted molar refractivity (Wildman–Crippen MR) is 59.3 cm³/mol. The highest BCUT2D eigenvalue weighted by Gasteiger charge is 2.07. The van der Waals surface area contributed by atoms with Crippen LogP contribution in [0.2, 0.25) is 0 Å². The van der Waals surface area contributed by atoms with E-state index < -0.39 is 0 Å². The Morgan fingerprint density at radius 3 is 2.36 bits per heavy atom. The van der Waals surface area contributed by atoms with Gasteiger partial charge in [0, 0.05) is 10.8 Å². The monoisotopic (exact) mass is 209 g/mol. The minimum atomic E-state index is 0.734. The van der Waals surface area contributed by atoms with Gasteiger partial charge in [-0.05, 0) is 17.5 Å². The van der Waals surface area contributed by atoms with Crippen LogP contribution >= 0.6 is 11.3 Å². The largest absolute Gasteiger partial charge is 0.493 e. The van der Waals surface area contributed by atoms with E-state index in [2.05, 4.69) is 0 Å². The molecule has 1 aromatic heterocycles. The number of hydrogen-bond acceptors (Lipinski definition) is 4. The summed E-state index contributed by atoms with van der Waals surface area (Å²) in [7, 11) is 3.25. The number of rotatable bonds is 2. The zero-order valence-electron chi connectivity index (χ0n) is 8.03. The van der Waals surface area contributed by atoms with E-state index in [0.29, 0.717) is 0 Å². The first-order valence-corrected chi connectivity index (χ1v) is 4.97. The van der Waals surface area contributed by atoms with Gasteiger partial charge in [0.2, 0.25) is 0 Å². The van der Waals surface area contributed by atoms with Crippen LogP contribution in [0.4, 0.5) is 5.00 Å². The molecule has 4 heteroatoms. The van der Waals surface area contributed by atoms with Crippen molar-refractivity contribution in [2.75, 3.05) is 20.0 Å². The van der Waals surface area contributed by atoms with Gasteiger partial charge in [-0.3, -0.25) is 0 Å². The Labute approximate surface area is 86.1 Å². The van der Waals surface area contributed by atoms with Crippen molar-refractivity contribution in [2.24, 2.45) is 0 Å². The van der Waals surface area contributed by atoms with Crippen molar-refractivity contribution in [2.45, 2.75) is 0 Å². The number of methoxy groups -OCH3 is 2. The zero-order valence-corrected chi connectivity index (χ0v) is 8.85. The molecule has 0 aliphatic heterocycles. The van der Waals surface area contributed by atoms with E-state index in [0.717, 1.165) is 26.6 Å². The van der Waals surface area contributed by atoms with Crippen molar-refractivity contribution >= 4 is 26.4 Å². The summed E-state index contributed by atoms with van der Waals surface area (Å²) in [6, 6.07) is 5.80. The summed E-state index contributed by atoms with van der Waals surface area (Å²) in [5.41, 5.74) is 5.71. The van der Waals surface area contributed by atoms with E-state index in [4.69, 9.17) is 15.2 Å². The Hall–Kier alpha value is -1.42. The number of nitrogens with two attached hydrogens (primary N) is 1. The predicted octanol–water partition coefficient (Wildman–Crippen LogP) is 2.50. The van der Waals surface area contributed by atoms with Crippen molar-refractivity contribution in [3.63, 3.8) is 0 Å². The third kappa shape index (κ3) is 1.37. The average molecular weight is 209 g/mol. The first-order chi connectivity index (χ1) is 6.74. The maximum absolute atomic E-state index is 5.71. The third-order valence-electron chi connectivity index (χ3n) is 2.04. The lowest BCUT2D eigenvalue weighted by Gasteiger charge is -2.06. The number of hydrogen-bond donors (Lipinski definition) is 1. The van der Waals surface area contributed by atoms with Crippen LogP contribution in [0.15, 0.2) is 18.2 Å². The number of fused-ring (bicyclic) bond motifs is 1. The summed E-state index contributed by atoms with van der Waals surface area (Å²) in [6.45, 7) is 0. The lowest BCUT2D eigenvalue weighted by Crippen LogP contribution is -1.89. The summed E-state index contributed by atoms with van der Waals surface area (Å²) >= 11 is 1.54. The van der Waals surface area contributed by atoms with Crippen molar-refractivity contribution in [1.82, 2.24) is 0 Å². The zero-order chi connectivity index (χ0) is 10.1. The van der Waals surface area contributed by atoms with Crippen LogP contribution in [0.25, 0.3) is 10.1 Å². The summed E-state index contributed by atoms with van der Waals surface area (Å²) in [4.78, 5) is 0. The summed E-state index contributed by atoms with van der Waals surface area (Å²) < 4.78 is 11.5. The molecule has 0 fully saturated rings. The Morgan fingerprint density at radius 2 is 1.71 bits per heavy atom. The fraction of sp³-hybridized carbons (Fsp3) is 0.200. The molecule has 2 aromatic rings. The van der Waals surface area contributed by atoms with E-state index in [9.17, 15) is 0 Å². The van der Waals surface area contributed by atoms with Crippen LogP contribution in [0, 0.1) is 0 Å². The van der Waals surface area contributed by atoms with Gasteiger partial charge < -0.3 is 15.2 Å². The molecule has 0 saturated heterocycles. The fourth-order valence-corrected chi connectivity index (χ4v) is 2.23. The van der Waals surface area contributed by atoms with Crippen molar-refractivity contribution in [3.8, 4) is 11.5 Å². The van der Waals surface area contributed by atoms with E-state index in [1.807, 2.05) is 18.2 Å². The number of thiophene rings is 1. The minimum absolute atomic E-state index is 0.734. The van der Waals surface area contributed by atoms with Crippen LogP contribution in [0.5, 0.6) is 11.5 Å². The molecule has 0 radical (unpaired) electrons. The van der Waals surface area contributed by atoms with Gasteiger partial charge in [0.05, 0.1) is 19.2 Å². The number of nitrogen functional groups attached to an aromatic ring is 1. The van der Waals surface area contributed by atoms with E-state index in [-0.39, 0.29) is 0 Å². The maximum Gasteiger partial charge on any atom is 0.162 e. The van der Waals surface area contributed by atoms with Gasteiger partial charge in [-0.25, -0.2) is 0 Å². The molecule has 74 valence electrons. The summed E-state index contributed by atoms with van der Waals surface area (Å²) in [5.74, 6) is 1.47. The second kappa shape index (κ2) is 3.38. The topological polar surface area (TPSA) is 44.5 Å². The quantitative estimate of drug-likeness (QED) is 0.826. The van der Waals surface area contributed by atoms with Crippen molar-refractivity contribution in [1.29, 1.82) is 0 Å². The van der Waals surface area contributed by atoms with Gasteiger partial charge >= 0.3 is 0 Å². The molecule has 2 rings (SSSR count). The summed E-state index contributed by atoms with van der Waals surface area (Å²) in [6.07, 6.45) is 0. The molecule has 0 aliphatic carbocycles. The molecule has 0 aliphatic rings. The second-order valence-electron chi connectivity index (χ2n) is 2.89. The molecule has 3 nitrogen and oxygen atoms in total. The van der Waals surface area contributed by atoms with Crippen LogP contribution in [-0.2, 0) is 0 Å². The first kappa shape index (κ1) is 9.15. The van der Waals surface area contributed by atoms with Gasteiger partial charge in [0.15, 0.2) is 11.5 Å². The average Bonchev–Trinajstić information content (AvgIpc) is 2.54. The van der Waals surface area contributed by atoms with Crippen LogP contribution in [0.1, 0.15) is 0 Å². The van der Waals surface area contributed by atoms with Crippen LogP contribution < -0.4 is 15.2 Å². The highest BCUT2D eigenvalue weighted by molar-refractivity contribution is 7.22. The molecule has 2 N–H and O–H groups in total. The molecular formula is C10H11NO2S. The van der Waals surface area contributed by atoms with Gasteiger partial charge in [-0.1, -0.05) is 0 Å². The molecule has 0 atom stereocenters.